The van der Waals surface area contributed by atoms with Gasteiger partial charge in [0.15, 0.2) is 0 Å². The highest BCUT2D eigenvalue weighted by molar-refractivity contribution is 5.33. The summed E-state index contributed by atoms with van der Waals surface area (Å²) in [4.78, 5) is 8.46. The number of rotatable bonds is 3. The number of nitrogens with zero attached hydrogens (tertiary/aromatic N) is 2. The summed E-state index contributed by atoms with van der Waals surface area (Å²) in [6.45, 7) is 5.50. The van der Waals surface area contributed by atoms with E-state index in [4.69, 9.17) is 0 Å². The van der Waals surface area contributed by atoms with Gasteiger partial charge in [-0.3, -0.25) is 0 Å². The van der Waals surface area contributed by atoms with Crippen LogP contribution in [0.15, 0.2) is 24.3 Å². The summed E-state index contributed by atoms with van der Waals surface area (Å²) in [6.07, 6.45) is 0. The minimum Gasteiger partial charge on any atom is -0.348 e. The molecule has 1 aromatic heterocycles. The van der Waals surface area contributed by atoms with Crippen LogP contribution in [0, 0.1) is 25.5 Å². The van der Waals surface area contributed by atoms with Crippen molar-refractivity contribution >= 4 is 5.95 Å². The molecule has 0 aliphatic carbocycles. The molecule has 5 heteroatoms. The number of anilines is 1. The molecule has 1 atom stereocenters. The fourth-order valence-corrected chi connectivity index (χ4v) is 1.91. The second-order valence-electron chi connectivity index (χ2n) is 4.51. The van der Waals surface area contributed by atoms with Crippen LogP contribution in [0.3, 0.4) is 0 Å². The molecule has 0 bridgehead atoms. The first-order valence-electron chi connectivity index (χ1n) is 5.99. The standard InChI is InChI=1S/C14H15F2N3/c1-8-6-9(2)18-14(17-8)19-10(3)12-5-4-11(15)7-13(12)16/h4-7,10H,1-3H3,(H,17,18,19)/t10-/m0/s1. The van der Waals surface area contributed by atoms with Gasteiger partial charge in [-0.05, 0) is 32.9 Å². The fraction of sp³-hybridized carbons (Fsp3) is 0.286. The number of aryl methyl sites for hydroxylation is 2. The second-order valence-corrected chi connectivity index (χ2v) is 4.51. The van der Waals surface area contributed by atoms with Crippen molar-refractivity contribution in [3.8, 4) is 0 Å². The topological polar surface area (TPSA) is 37.8 Å². The highest BCUT2D eigenvalue weighted by Crippen LogP contribution is 2.21. The van der Waals surface area contributed by atoms with Crippen molar-refractivity contribution in [3.05, 3.63) is 52.9 Å². The number of hydrogen-bond acceptors (Lipinski definition) is 3. The van der Waals surface area contributed by atoms with E-state index in [2.05, 4.69) is 15.3 Å². The highest BCUT2D eigenvalue weighted by Gasteiger charge is 2.13. The zero-order valence-corrected chi connectivity index (χ0v) is 11.0. The first-order chi connectivity index (χ1) is 8.95. The predicted molar refractivity (Wildman–Crippen MR) is 69.9 cm³/mol. The molecule has 0 radical (unpaired) electrons. The van der Waals surface area contributed by atoms with Crippen molar-refractivity contribution in [2.45, 2.75) is 26.8 Å². The Balaban J connectivity index is 2.22. The number of benzene rings is 1. The van der Waals surface area contributed by atoms with E-state index in [-0.39, 0.29) is 6.04 Å². The van der Waals surface area contributed by atoms with Gasteiger partial charge in [0.1, 0.15) is 11.6 Å². The largest absolute Gasteiger partial charge is 0.348 e. The lowest BCUT2D eigenvalue weighted by molar-refractivity contribution is 0.566. The summed E-state index contributed by atoms with van der Waals surface area (Å²) in [5, 5.41) is 3.02. The average molecular weight is 263 g/mol. The Kier molecular flexibility index (Phi) is 3.74. The van der Waals surface area contributed by atoms with Crippen molar-refractivity contribution in [2.24, 2.45) is 0 Å². The first-order valence-corrected chi connectivity index (χ1v) is 5.99. The number of nitrogens with one attached hydrogen (secondary N) is 1. The van der Waals surface area contributed by atoms with Crippen LogP contribution >= 0.6 is 0 Å². The summed E-state index contributed by atoms with van der Waals surface area (Å²) >= 11 is 0. The van der Waals surface area contributed by atoms with Crippen LogP contribution in [0.5, 0.6) is 0 Å². The Morgan fingerprint density at radius 2 is 1.68 bits per heavy atom. The zero-order valence-electron chi connectivity index (χ0n) is 11.0. The quantitative estimate of drug-likeness (QED) is 0.920. The van der Waals surface area contributed by atoms with E-state index in [1.165, 1.54) is 12.1 Å². The molecule has 1 N–H and O–H groups in total. The van der Waals surface area contributed by atoms with Crippen LogP contribution in [0.4, 0.5) is 14.7 Å². The van der Waals surface area contributed by atoms with E-state index in [0.29, 0.717) is 11.5 Å². The van der Waals surface area contributed by atoms with E-state index in [9.17, 15) is 8.78 Å². The molecule has 0 unspecified atom stereocenters. The Morgan fingerprint density at radius 1 is 1.05 bits per heavy atom. The van der Waals surface area contributed by atoms with Gasteiger partial charge in [0.25, 0.3) is 0 Å². The normalized spacial score (nSPS) is 12.3. The van der Waals surface area contributed by atoms with Crippen LogP contribution in [-0.4, -0.2) is 9.97 Å². The maximum Gasteiger partial charge on any atom is 0.223 e. The van der Waals surface area contributed by atoms with Crippen LogP contribution in [0.1, 0.15) is 29.9 Å². The molecule has 0 fully saturated rings. The van der Waals surface area contributed by atoms with Gasteiger partial charge in [-0.15, -0.1) is 0 Å². The number of hydrogen-bond donors (Lipinski definition) is 1. The van der Waals surface area contributed by atoms with E-state index in [1.807, 2.05) is 19.9 Å². The maximum atomic E-state index is 13.6. The molecule has 2 rings (SSSR count). The summed E-state index contributed by atoms with van der Waals surface area (Å²) in [7, 11) is 0. The van der Waals surface area contributed by atoms with E-state index >= 15 is 0 Å². The summed E-state index contributed by atoms with van der Waals surface area (Å²) in [5.41, 5.74) is 2.05. The molecule has 3 nitrogen and oxygen atoms in total. The van der Waals surface area contributed by atoms with Crippen LogP contribution in [0.2, 0.25) is 0 Å². The van der Waals surface area contributed by atoms with Gasteiger partial charge in [0.2, 0.25) is 5.95 Å². The SMILES string of the molecule is Cc1cc(C)nc(N[C@@H](C)c2ccc(F)cc2F)n1. The van der Waals surface area contributed by atoms with Gasteiger partial charge in [-0.1, -0.05) is 6.07 Å². The third kappa shape index (κ3) is 3.24. The van der Waals surface area contributed by atoms with Crippen molar-refractivity contribution in [1.82, 2.24) is 9.97 Å². The molecule has 1 aromatic carbocycles. The highest BCUT2D eigenvalue weighted by atomic mass is 19.1. The predicted octanol–water partition coefficient (Wildman–Crippen LogP) is 3.54. The van der Waals surface area contributed by atoms with Gasteiger partial charge in [-0.25, -0.2) is 18.7 Å². The molecular weight excluding hydrogens is 248 g/mol. The Labute approximate surface area is 110 Å². The van der Waals surface area contributed by atoms with Gasteiger partial charge in [0, 0.05) is 23.0 Å². The zero-order chi connectivity index (χ0) is 14.0. The van der Waals surface area contributed by atoms with Gasteiger partial charge < -0.3 is 5.32 Å². The van der Waals surface area contributed by atoms with Gasteiger partial charge in [-0.2, -0.15) is 0 Å². The molecule has 100 valence electrons. The van der Waals surface area contributed by atoms with Crippen LogP contribution in [0.25, 0.3) is 0 Å². The van der Waals surface area contributed by atoms with E-state index in [0.717, 1.165) is 17.5 Å². The fourth-order valence-electron chi connectivity index (χ4n) is 1.91. The molecule has 2 aromatic rings. The average Bonchev–Trinajstić information content (AvgIpc) is 2.26. The van der Waals surface area contributed by atoms with Crippen molar-refractivity contribution in [1.29, 1.82) is 0 Å². The number of aromatic nitrogens is 2. The van der Waals surface area contributed by atoms with Crippen LogP contribution < -0.4 is 5.32 Å². The Hall–Kier alpha value is -2.04. The van der Waals surface area contributed by atoms with Crippen molar-refractivity contribution in [3.63, 3.8) is 0 Å². The van der Waals surface area contributed by atoms with Gasteiger partial charge in [0.05, 0.1) is 6.04 Å². The van der Waals surface area contributed by atoms with Crippen molar-refractivity contribution < 1.29 is 8.78 Å². The third-order valence-electron chi connectivity index (χ3n) is 2.76. The second kappa shape index (κ2) is 5.30. The third-order valence-corrected chi connectivity index (χ3v) is 2.76. The van der Waals surface area contributed by atoms with Crippen LogP contribution in [-0.2, 0) is 0 Å². The molecule has 19 heavy (non-hydrogen) atoms. The monoisotopic (exact) mass is 263 g/mol. The maximum absolute atomic E-state index is 13.6. The summed E-state index contributed by atoms with van der Waals surface area (Å²) < 4.78 is 26.5. The molecule has 1 heterocycles. The minimum absolute atomic E-state index is 0.346. The molecule has 0 saturated carbocycles. The first kappa shape index (κ1) is 13.4. The molecule has 0 amide bonds. The molecular formula is C14H15F2N3. The van der Waals surface area contributed by atoms with Crippen molar-refractivity contribution in [2.75, 3.05) is 5.32 Å². The molecule has 0 spiro atoms. The molecule has 0 saturated heterocycles. The van der Waals surface area contributed by atoms with E-state index in [1.54, 1.807) is 6.92 Å². The van der Waals surface area contributed by atoms with E-state index < -0.39 is 11.6 Å². The minimum atomic E-state index is -0.587. The summed E-state index contributed by atoms with van der Waals surface area (Å²) in [5.74, 6) is -0.728. The molecule has 0 aliphatic rings. The lowest BCUT2D eigenvalue weighted by atomic mass is 10.1. The summed E-state index contributed by atoms with van der Waals surface area (Å²) in [6, 6.07) is 5.04. The van der Waals surface area contributed by atoms with Gasteiger partial charge >= 0.3 is 0 Å². The molecule has 0 aliphatic heterocycles. The Morgan fingerprint density at radius 3 is 2.26 bits per heavy atom. The smallest absolute Gasteiger partial charge is 0.223 e. The lowest BCUT2D eigenvalue weighted by Gasteiger charge is -2.15. The lowest BCUT2D eigenvalue weighted by Crippen LogP contribution is -2.12. The number of halogens is 2. The Bertz CT molecular complexity index is 579.